The Labute approximate surface area is 192 Å². The summed E-state index contributed by atoms with van der Waals surface area (Å²) in [5.41, 5.74) is 21.3. The van der Waals surface area contributed by atoms with Gasteiger partial charge in [-0.2, -0.15) is 0 Å². The molecular formula is C24H41FN6O. The average molecular weight is 449 g/mol. The number of methoxy groups -OCH3 is 1. The van der Waals surface area contributed by atoms with Crippen LogP contribution in [-0.4, -0.2) is 47.9 Å². The molecule has 0 radical (unpaired) electrons. The lowest BCUT2D eigenvalue weighted by Crippen LogP contribution is -2.81. The minimum Gasteiger partial charge on any atom is -0.494 e. The molecule has 1 saturated heterocycles. The average Bonchev–Trinajstić information content (AvgIpc) is 3.05. The van der Waals surface area contributed by atoms with E-state index in [1.807, 2.05) is 11.0 Å². The number of ether oxygens (including phenoxy) is 1. The molecule has 180 valence electrons. The molecule has 7 nitrogen and oxygen atoms in total. The molecular weight excluding hydrogens is 407 g/mol. The zero-order valence-electron chi connectivity index (χ0n) is 19.6. The molecule has 0 amide bonds. The topological polar surface area (TPSA) is 97.0 Å². The minimum absolute atomic E-state index is 0.211. The Morgan fingerprint density at radius 3 is 1.91 bits per heavy atom. The van der Waals surface area contributed by atoms with Crippen LogP contribution in [0, 0.1) is 11.7 Å². The van der Waals surface area contributed by atoms with Crippen molar-refractivity contribution in [2.75, 3.05) is 12.0 Å². The highest BCUT2D eigenvalue weighted by molar-refractivity contribution is 5.51. The van der Waals surface area contributed by atoms with Gasteiger partial charge >= 0.3 is 0 Å². The fourth-order valence-corrected chi connectivity index (χ4v) is 5.99. The molecule has 2 saturated carbocycles. The SMILES string of the molecule is COc1ccc(N2C(N)N(C3CCCCCC3)C(N)N(C3CCC(C)CC3)C2N)cc1F. The lowest BCUT2D eigenvalue weighted by molar-refractivity contribution is -0.111. The summed E-state index contributed by atoms with van der Waals surface area (Å²) < 4.78 is 19.8. The molecule has 0 spiro atoms. The Balaban J connectivity index is 1.69. The number of nitrogens with zero attached hydrogens (tertiary/aromatic N) is 3. The second kappa shape index (κ2) is 10.2. The first-order chi connectivity index (χ1) is 15.4. The van der Waals surface area contributed by atoms with Crippen molar-refractivity contribution in [3.63, 3.8) is 0 Å². The van der Waals surface area contributed by atoms with Crippen molar-refractivity contribution >= 4 is 5.69 Å². The molecule has 3 aliphatic rings. The van der Waals surface area contributed by atoms with Gasteiger partial charge in [-0.1, -0.05) is 32.6 Å². The molecule has 1 aliphatic heterocycles. The Morgan fingerprint density at radius 2 is 1.38 bits per heavy atom. The normalized spacial score (nSPS) is 33.8. The van der Waals surface area contributed by atoms with E-state index in [-0.39, 0.29) is 12.0 Å². The van der Waals surface area contributed by atoms with Crippen LogP contribution in [0.25, 0.3) is 0 Å². The molecule has 1 aromatic rings. The predicted octanol–water partition coefficient (Wildman–Crippen LogP) is 3.29. The molecule has 2 aliphatic carbocycles. The van der Waals surface area contributed by atoms with Gasteiger partial charge in [-0.25, -0.2) is 14.2 Å². The number of hydrogen-bond acceptors (Lipinski definition) is 7. The summed E-state index contributed by atoms with van der Waals surface area (Å²) in [6.07, 6.45) is 10.1. The summed E-state index contributed by atoms with van der Waals surface area (Å²) in [6, 6.07) is 5.54. The molecule has 1 heterocycles. The zero-order valence-corrected chi connectivity index (χ0v) is 19.6. The smallest absolute Gasteiger partial charge is 0.167 e. The van der Waals surface area contributed by atoms with Gasteiger partial charge in [0.1, 0.15) is 18.9 Å². The second-order valence-electron chi connectivity index (χ2n) is 9.92. The van der Waals surface area contributed by atoms with E-state index < -0.39 is 18.4 Å². The summed E-state index contributed by atoms with van der Waals surface area (Å²) >= 11 is 0. The van der Waals surface area contributed by atoms with E-state index in [0.717, 1.165) is 31.6 Å². The van der Waals surface area contributed by atoms with Crippen LogP contribution in [0.2, 0.25) is 0 Å². The van der Waals surface area contributed by atoms with Crippen LogP contribution in [0.15, 0.2) is 18.2 Å². The lowest BCUT2D eigenvalue weighted by atomic mass is 9.86. The van der Waals surface area contributed by atoms with Gasteiger partial charge in [-0.3, -0.25) is 11.5 Å². The van der Waals surface area contributed by atoms with E-state index in [4.69, 9.17) is 21.9 Å². The highest BCUT2D eigenvalue weighted by Crippen LogP contribution is 2.37. The molecule has 6 N–H and O–H groups in total. The first-order valence-electron chi connectivity index (χ1n) is 12.4. The van der Waals surface area contributed by atoms with Gasteiger partial charge in [0, 0.05) is 23.8 Å². The maximum absolute atomic E-state index is 14.7. The fourth-order valence-electron chi connectivity index (χ4n) is 5.99. The molecule has 3 unspecified atom stereocenters. The zero-order chi connectivity index (χ0) is 22.8. The molecule has 0 aromatic heterocycles. The summed E-state index contributed by atoms with van der Waals surface area (Å²) in [5.74, 6) is 0.525. The van der Waals surface area contributed by atoms with E-state index in [2.05, 4.69) is 16.7 Å². The van der Waals surface area contributed by atoms with Crippen LogP contribution in [0.5, 0.6) is 5.75 Å². The largest absolute Gasteiger partial charge is 0.494 e. The van der Waals surface area contributed by atoms with Crippen molar-refractivity contribution in [1.82, 2.24) is 9.80 Å². The summed E-state index contributed by atoms with van der Waals surface area (Å²) in [5, 5.41) is 0. The number of anilines is 1. The first kappa shape index (κ1) is 23.7. The number of benzene rings is 1. The minimum atomic E-state index is -0.520. The number of nitrogens with two attached hydrogens (primary N) is 3. The Morgan fingerprint density at radius 1 is 0.812 bits per heavy atom. The monoisotopic (exact) mass is 448 g/mol. The van der Waals surface area contributed by atoms with Gasteiger partial charge in [0.05, 0.1) is 7.11 Å². The van der Waals surface area contributed by atoms with Crippen LogP contribution < -0.4 is 26.8 Å². The molecule has 3 atom stereocenters. The standard InChI is InChI=1S/C24H41FN6O/c1-16-9-11-18(12-10-16)30-22(26)29(17-7-5-3-4-6-8-17)23(27)31(24(30)28)19-13-14-21(32-2)20(25)15-19/h13-18,22-24H,3-12,26-28H2,1-2H3. The Kier molecular flexibility index (Phi) is 7.57. The second-order valence-corrected chi connectivity index (χ2v) is 9.92. The van der Waals surface area contributed by atoms with E-state index in [1.54, 1.807) is 6.07 Å². The van der Waals surface area contributed by atoms with Gasteiger partial charge in [0.2, 0.25) is 0 Å². The van der Waals surface area contributed by atoms with Crippen LogP contribution in [-0.2, 0) is 0 Å². The van der Waals surface area contributed by atoms with Crippen molar-refractivity contribution in [2.24, 2.45) is 23.1 Å². The summed E-state index contributed by atoms with van der Waals surface area (Å²) in [6.45, 7) is 2.31. The van der Waals surface area contributed by atoms with Gasteiger partial charge in [-0.05, 0) is 56.6 Å². The quantitative estimate of drug-likeness (QED) is 0.608. The van der Waals surface area contributed by atoms with E-state index >= 15 is 0 Å². The van der Waals surface area contributed by atoms with Gasteiger partial charge in [0.25, 0.3) is 0 Å². The summed E-state index contributed by atoms with van der Waals surface area (Å²) in [4.78, 5) is 6.42. The Hall–Kier alpha value is -1.45. The first-order valence-corrected chi connectivity index (χ1v) is 12.4. The fraction of sp³-hybridized carbons (Fsp3) is 0.750. The highest BCUT2D eigenvalue weighted by atomic mass is 19.1. The van der Waals surface area contributed by atoms with E-state index in [9.17, 15) is 4.39 Å². The third-order valence-corrected chi connectivity index (χ3v) is 7.88. The number of hydrogen-bond donors (Lipinski definition) is 3. The third kappa shape index (κ3) is 4.61. The maximum atomic E-state index is 14.7. The predicted molar refractivity (Wildman–Crippen MR) is 126 cm³/mol. The number of halogens is 1. The van der Waals surface area contributed by atoms with Crippen molar-refractivity contribution in [2.45, 2.75) is 102 Å². The molecule has 0 bridgehead atoms. The summed E-state index contributed by atoms with van der Waals surface area (Å²) in [7, 11) is 1.47. The molecule has 8 heteroatoms. The molecule has 32 heavy (non-hydrogen) atoms. The molecule has 3 fully saturated rings. The van der Waals surface area contributed by atoms with Crippen LogP contribution in [0.4, 0.5) is 10.1 Å². The van der Waals surface area contributed by atoms with Crippen LogP contribution in [0.3, 0.4) is 0 Å². The van der Waals surface area contributed by atoms with E-state index in [1.165, 1.54) is 51.7 Å². The number of rotatable bonds is 4. The maximum Gasteiger partial charge on any atom is 0.167 e. The Bertz CT molecular complexity index is 750. The molecule has 4 rings (SSSR count). The van der Waals surface area contributed by atoms with Crippen molar-refractivity contribution in [3.8, 4) is 5.75 Å². The third-order valence-electron chi connectivity index (χ3n) is 7.88. The van der Waals surface area contributed by atoms with Gasteiger partial charge in [0.15, 0.2) is 11.6 Å². The van der Waals surface area contributed by atoms with Crippen LogP contribution >= 0.6 is 0 Å². The molecule has 1 aromatic carbocycles. The van der Waals surface area contributed by atoms with Crippen molar-refractivity contribution in [1.29, 1.82) is 0 Å². The van der Waals surface area contributed by atoms with Crippen molar-refractivity contribution < 1.29 is 9.13 Å². The lowest BCUT2D eigenvalue weighted by Gasteiger charge is -2.59. The van der Waals surface area contributed by atoms with Gasteiger partial charge in [-0.15, -0.1) is 0 Å². The van der Waals surface area contributed by atoms with Gasteiger partial charge < -0.3 is 15.4 Å². The highest BCUT2D eigenvalue weighted by Gasteiger charge is 2.47. The van der Waals surface area contributed by atoms with Crippen LogP contribution in [0.1, 0.15) is 71.1 Å². The van der Waals surface area contributed by atoms with Crippen molar-refractivity contribution in [3.05, 3.63) is 24.0 Å². The van der Waals surface area contributed by atoms with E-state index in [0.29, 0.717) is 17.8 Å².